The Hall–Kier alpha value is -2.41. The fraction of sp³-hybridized carbons (Fsp3) is 0.500. The number of hydrogen-bond donors (Lipinski definition) is 0. The third-order valence-corrected chi connectivity index (χ3v) is 4.31. The van der Waals surface area contributed by atoms with Gasteiger partial charge in [-0.3, -0.25) is 9.48 Å². The maximum Gasteiger partial charge on any atom is 0.255 e. The van der Waals surface area contributed by atoms with E-state index < -0.39 is 0 Å². The van der Waals surface area contributed by atoms with Gasteiger partial charge in [-0.05, 0) is 26.0 Å². The Morgan fingerprint density at radius 3 is 2.48 bits per heavy atom. The topological polar surface area (TPSA) is 63.5 Å². The highest BCUT2D eigenvalue weighted by Crippen LogP contribution is 2.17. The molecule has 25 heavy (non-hydrogen) atoms. The first-order valence-electron chi connectivity index (χ1n) is 8.25. The van der Waals surface area contributed by atoms with Gasteiger partial charge in [-0.15, -0.1) is 0 Å². The smallest absolute Gasteiger partial charge is 0.255 e. The van der Waals surface area contributed by atoms with Crippen LogP contribution in [0.4, 0.5) is 5.82 Å². The summed E-state index contributed by atoms with van der Waals surface area (Å²) >= 11 is 0. The van der Waals surface area contributed by atoms with Gasteiger partial charge in [0.05, 0.1) is 17.9 Å². The number of rotatable bonds is 7. The Labute approximate surface area is 149 Å². The lowest BCUT2D eigenvalue weighted by Gasteiger charge is -2.23. The Balaban J connectivity index is 2.25. The van der Waals surface area contributed by atoms with Gasteiger partial charge in [-0.25, -0.2) is 4.98 Å². The first-order valence-corrected chi connectivity index (χ1v) is 8.25. The van der Waals surface area contributed by atoms with Crippen molar-refractivity contribution in [3.63, 3.8) is 0 Å². The Morgan fingerprint density at radius 2 is 2.00 bits per heavy atom. The van der Waals surface area contributed by atoms with Crippen molar-refractivity contribution in [2.24, 2.45) is 7.05 Å². The molecule has 0 radical (unpaired) electrons. The lowest BCUT2D eigenvalue weighted by atomic mass is 10.1. The average molecular weight is 345 g/mol. The van der Waals surface area contributed by atoms with Crippen molar-refractivity contribution in [3.8, 4) is 0 Å². The molecule has 0 atom stereocenters. The van der Waals surface area contributed by atoms with E-state index in [0.717, 1.165) is 22.8 Å². The van der Waals surface area contributed by atoms with Crippen LogP contribution in [-0.4, -0.2) is 59.9 Å². The van der Waals surface area contributed by atoms with Gasteiger partial charge >= 0.3 is 0 Å². The molecule has 7 heteroatoms. The lowest BCUT2D eigenvalue weighted by molar-refractivity contribution is 0.0679. The molecule has 7 nitrogen and oxygen atoms in total. The van der Waals surface area contributed by atoms with E-state index in [1.165, 1.54) is 0 Å². The van der Waals surface area contributed by atoms with Gasteiger partial charge in [0.25, 0.3) is 5.91 Å². The number of aryl methyl sites for hydroxylation is 2. The van der Waals surface area contributed by atoms with E-state index in [2.05, 4.69) is 10.1 Å². The summed E-state index contributed by atoms with van der Waals surface area (Å²) in [5.41, 5.74) is 3.65. The highest BCUT2D eigenvalue weighted by atomic mass is 16.5. The molecule has 0 aliphatic rings. The molecule has 0 spiro atoms. The number of pyridine rings is 1. The van der Waals surface area contributed by atoms with Gasteiger partial charge in [0.2, 0.25) is 0 Å². The van der Waals surface area contributed by atoms with Crippen molar-refractivity contribution < 1.29 is 9.53 Å². The van der Waals surface area contributed by atoms with Gasteiger partial charge in [0.15, 0.2) is 0 Å². The summed E-state index contributed by atoms with van der Waals surface area (Å²) in [5, 5.41) is 4.44. The first-order chi connectivity index (χ1) is 11.8. The Morgan fingerprint density at radius 1 is 1.28 bits per heavy atom. The predicted molar refractivity (Wildman–Crippen MR) is 97.9 cm³/mol. The van der Waals surface area contributed by atoms with Crippen molar-refractivity contribution in [1.82, 2.24) is 19.7 Å². The molecule has 2 aromatic heterocycles. The molecule has 2 aromatic rings. The van der Waals surface area contributed by atoms with Gasteiger partial charge < -0.3 is 14.5 Å². The zero-order valence-corrected chi connectivity index (χ0v) is 15.9. The molecule has 1 amide bonds. The monoisotopic (exact) mass is 345 g/mol. The van der Waals surface area contributed by atoms with Crippen molar-refractivity contribution >= 4 is 11.7 Å². The summed E-state index contributed by atoms with van der Waals surface area (Å²) < 4.78 is 7.02. The molecule has 0 saturated carbocycles. The lowest BCUT2D eigenvalue weighted by Crippen LogP contribution is -2.34. The van der Waals surface area contributed by atoms with Crippen LogP contribution in [0.5, 0.6) is 0 Å². The average Bonchev–Trinajstić information content (AvgIpc) is 2.83. The molecule has 0 fully saturated rings. The molecule has 0 aliphatic carbocycles. The summed E-state index contributed by atoms with van der Waals surface area (Å²) in [4.78, 5) is 21.0. The summed E-state index contributed by atoms with van der Waals surface area (Å²) in [7, 11) is 7.39. The van der Waals surface area contributed by atoms with E-state index in [1.807, 2.05) is 56.7 Å². The number of anilines is 1. The van der Waals surface area contributed by atoms with Gasteiger partial charge in [0.1, 0.15) is 5.82 Å². The number of nitrogens with zero attached hydrogens (tertiary/aromatic N) is 5. The minimum atomic E-state index is -0.0579. The number of hydrogen-bond acceptors (Lipinski definition) is 5. The van der Waals surface area contributed by atoms with Gasteiger partial charge in [0, 0.05) is 58.8 Å². The molecular weight excluding hydrogens is 318 g/mol. The van der Waals surface area contributed by atoms with Crippen LogP contribution in [0.1, 0.15) is 27.3 Å². The van der Waals surface area contributed by atoms with Crippen LogP contribution in [0.3, 0.4) is 0 Å². The van der Waals surface area contributed by atoms with Gasteiger partial charge in [-0.2, -0.15) is 5.10 Å². The van der Waals surface area contributed by atoms with Crippen molar-refractivity contribution in [3.05, 3.63) is 40.8 Å². The highest BCUT2D eigenvalue weighted by molar-refractivity contribution is 5.94. The second kappa shape index (κ2) is 8.11. The first kappa shape index (κ1) is 18.9. The van der Waals surface area contributed by atoms with Crippen molar-refractivity contribution in [2.45, 2.75) is 20.4 Å². The van der Waals surface area contributed by atoms with Crippen LogP contribution >= 0.6 is 0 Å². The fourth-order valence-electron chi connectivity index (χ4n) is 2.65. The molecular formula is C18H27N5O2. The van der Waals surface area contributed by atoms with Crippen LogP contribution in [-0.2, 0) is 18.3 Å². The number of methoxy groups -OCH3 is 1. The second-order valence-electron chi connectivity index (χ2n) is 6.29. The largest absolute Gasteiger partial charge is 0.383 e. The Bertz CT molecular complexity index is 722. The molecule has 0 aliphatic heterocycles. The van der Waals surface area contributed by atoms with Gasteiger partial charge in [-0.1, -0.05) is 0 Å². The molecule has 2 heterocycles. The summed E-state index contributed by atoms with van der Waals surface area (Å²) in [5.74, 6) is 0.761. The molecule has 0 unspecified atom stereocenters. The van der Waals surface area contributed by atoms with E-state index in [1.54, 1.807) is 18.2 Å². The van der Waals surface area contributed by atoms with Crippen LogP contribution < -0.4 is 4.90 Å². The molecule has 0 bridgehead atoms. The summed E-state index contributed by atoms with van der Waals surface area (Å²) in [6.07, 6.45) is 1.63. The SMILES string of the molecule is COCCN(Cc1c(C)nn(C)c1C)C(=O)c1ccc(N(C)C)nc1. The van der Waals surface area contributed by atoms with E-state index in [4.69, 9.17) is 4.74 Å². The fourth-order valence-corrected chi connectivity index (χ4v) is 2.65. The Kier molecular flexibility index (Phi) is 6.14. The molecule has 0 N–H and O–H groups in total. The highest BCUT2D eigenvalue weighted by Gasteiger charge is 2.20. The molecule has 136 valence electrons. The number of amides is 1. The third kappa shape index (κ3) is 4.36. The maximum atomic E-state index is 13.0. The van der Waals surface area contributed by atoms with E-state index in [-0.39, 0.29) is 5.91 Å². The van der Waals surface area contributed by atoms with Crippen LogP contribution in [0.15, 0.2) is 18.3 Å². The number of aromatic nitrogens is 3. The summed E-state index contributed by atoms with van der Waals surface area (Å²) in [6.45, 7) is 5.48. The summed E-state index contributed by atoms with van der Waals surface area (Å²) in [6, 6.07) is 3.66. The minimum Gasteiger partial charge on any atom is -0.383 e. The quantitative estimate of drug-likeness (QED) is 0.765. The minimum absolute atomic E-state index is 0.0579. The van der Waals surface area contributed by atoms with Crippen LogP contribution in [0, 0.1) is 13.8 Å². The standard InChI is InChI=1S/C18H27N5O2/c1-13-16(14(2)22(5)20-13)12-23(9-10-25-6)18(24)15-7-8-17(19-11-15)21(3)4/h7-8,11H,9-10,12H2,1-6H3. The van der Waals surface area contributed by atoms with E-state index >= 15 is 0 Å². The molecule has 0 saturated heterocycles. The van der Waals surface area contributed by atoms with Crippen LogP contribution in [0.25, 0.3) is 0 Å². The van der Waals surface area contributed by atoms with Crippen LogP contribution in [0.2, 0.25) is 0 Å². The number of carbonyl (C=O) groups is 1. The van der Waals surface area contributed by atoms with Crippen molar-refractivity contribution in [2.75, 3.05) is 39.3 Å². The third-order valence-electron chi connectivity index (χ3n) is 4.31. The number of carbonyl (C=O) groups excluding carboxylic acids is 1. The van der Waals surface area contributed by atoms with E-state index in [9.17, 15) is 4.79 Å². The van der Waals surface area contributed by atoms with Crippen molar-refractivity contribution in [1.29, 1.82) is 0 Å². The zero-order valence-electron chi connectivity index (χ0n) is 15.9. The molecule has 2 rings (SSSR count). The molecule has 0 aromatic carbocycles. The number of ether oxygens (including phenoxy) is 1. The predicted octanol–water partition coefficient (Wildman–Crippen LogP) is 1.79. The maximum absolute atomic E-state index is 13.0. The van der Waals surface area contributed by atoms with E-state index in [0.29, 0.717) is 25.3 Å². The normalized spacial score (nSPS) is 10.8. The zero-order chi connectivity index (χ0) is 18.6. The second-order valence-corrected chi connectivity index (χ2v) is 6.29.